The predicted molar refractivity (Wildman–Crippen MR) is 165 cm³/mol. The van der Waals surface area contributed by atoms with Crippen LogP contribution in [0.4, 0.5) is 0 Å². The molecule has 0 unspecified atom stereocenters. The van der Waals surface area contributed by atoms with Crippen LogP contribution in [0.25, 0.3) is 38.9 Å². The third kappa shape index (κ3) is 6.28. The minimum Gasteiger partial charge on any atom is -0.405 e. The van der Waals surface area contributed by atoms with Crippen LogP contribution in [0.1, 0.15) is 82.9 Å². The molecule has 3 nitrogen and oxygen atoms in total. The standard InChI is InChI=1S/C28H31N3.C4H10.C2H4/c1-6-28(5,7-2)24-15-14-23(20-13-12-18(3)30-19(20)4)26-22-11-9-8-10-21(22)25(16-17-29)31-27(24)26;1-3-4-2;1-2/h8-17H,6-7,29H2,1-5H3;3-4H2,1-2H3;1-2H2/b17-16-;;. The summed E-state index contributed by atoms with van der Waals surface area (Å²) < 4.78 is 0. The number of nitrogens with two attached hydrogens (primary N) is 1. The van der Waals surface area contributed by atoms with E-state index in [2.05, 4.69) is 103 Å². The Morgan fingerprint density at radius 3 is 1.95 bits per heavy atom. The van der Waals surface area contributed by atoms with Crippen molar-refractivity contribution < 1.29 is 0 Å². The van der Waals surface area contributed by atoms with Gasteiger partial charge in [0.2, 0.25) is 0 Å². The number of pyridine rings is 2. The number of aromatic nitrogens is 2. The van der Waals surface area contributed by atoms with Gasteiger partial charge in [0.1, 0.15) is 0 Å². The maximum atomic E-state index is 5.80. The average molecular weight is 496 g/mol. The van der Waals surface area contributed by atoms with E-state index in [-0.39, 0.29) is 5.41 Å². The molecular weight excluding hydrogens is 450 g/mol. The molecule has 0 spiro atoms. The highest BCUT2D eigenvalue weighted by Gasteiger charge is 2.27. The van der Waals surface area contributed by atoms with Crippen LogP contribution in [-0.4, -0.2) is 9.97 Å². The van der Waals surface area contributed by atoms with E-state index in [1.165, 1.54) is 34.7 Å². The van der Waals surface area contributed by atoms with Gasteiger partial charge in [-0.15, -0.1) is 13.2 Å². The second-order valence-electron chi connectivity index (χ2n) is 9.64. The largest absolute Gasteiger partial charge is 0.405 e. The summed E-state index contributed by atoms with van der Waals surface area (Å²) in [5, 5.41) is 3.51. The lowest BCUT2D eigenvalue weighted by atomic mass is 9.75. The molecule has 196 valence electrons. The number of hydrogen-bond acceptors (Lipinski definition) is 3. The molecule has 0 fully saturated rings. The topological polar surface area (TPSA) is 51.8 Å². The van der Waals surface area contributed by atoms with E-state index in [1.807, 2.05) is 13.0 Å². The van der Waals surface area contributed by atoms with Crippen LogP contribution >= 0.6 is 0 Å². The van der Waals surface area contributed by atoms with Gasteiger partial charge in [-0.05, 0) is 67.0 Å². The van der Waals surface area contributed by atoms with Crippen molar-refractivity contribution in [3.63, 3.8) is 0 Å². The SMILES string of the molecule is C=C.CCC(C)(CC)c1ccc(-c2ccc(C)nc2C)c2c1nc(/C=C\N)c1ccccc12.CCCC. The molecule has 4 aromatic rings. The Morgan fingerprint density at radius 1 is 0.811 bits per heavy atom. The van der Waals surface area contributed by atoms with E-state index in [9.17, 15) is 0 Å². The molecule has 0 aliphatic heterocycles. The van der Waals surface area contributed by atoms with Gasteiger partial charge in [0.25, 0.3) is 0 Å². The predicted octanol–water partition coefficient (Wildman–Crippen LogP) is 9.68. The minimum atomic E-state index is 0.0521. The number of fused-ring (bicyclic) bond motifs is 3. The molecule has 2 aromatic carbocycles. The monoisotopic (exact) mass is 495 g/mol. The van der Waals surface area contributed by atoms with Crippen molar-refractivity contribution in [2.24, 2.45) is 5.73 Å². The number of hydrogen-bond donors (Lipinski definition) is 1. The van der Waals surface area contributed by atoms with E-state index >= 15 is 0 Å². The Morgan fingerprint density at radius 2 is 1.41 bits per heavy atom. The molecule has 2 aromatic heterocycles. The van der Waals surface area contributed by atoms with Gasteiger partial charge < -0.3 is 5.73 Å². The molecule has 0 atom stereocenters. The highest BCUT2D eigenvalue weighted by molar-refractivity contribution is 6.15. The lowest BCUT2D eigenvalue weighted by Gasteiger charge is -2.29. The van der Waals surface area contributed by atoms with Crippen molar-refractivity contribution in [2.45, 2.75) is 79.6 Å². The zero-order valence-electron chi connectivity index (χ0n) is 24.0. The van der Waals surface area contributed by atoms with Crippen LogP contribution in [0, 0.1) is 13.8 Å². The maximum absolute atomic E-state index is 5.80. The highest BCUT2D eigenvalue weighted by atomic mass is 14.7. The Hall–Kier alpha value is -3.46. The number of rotatable bonds is 6. The third-order valence-corrected chi connectivity index (χ3v) is 7.36. The van der Waals surface area contributed by atoms with Crippen LogP contribution in [0.15, 0.2) is 67.9 Å². The van der Waals surface area contributed by atoms with Gasteiger partial charge >= 0.3 is 0 Å². The summed E-state index contributed by atoms with van der Waals surface area (Å²) in [5.74, 6) is 0. The Labute approximate surface area is 224 Å². The van der Waals surface area contributed by atoms with E-state index in [4.69, 9.17) is 15.7 Å². The second-order valence-corrected chi connectivity index (χ2v) is 9.64. The fourth-order valence-corrected chi connectivity index (χ4v) is 4.62. The molecule has 2 heterocycles. The van der Waals surface area contributed by atoms with Gasteiger partial charge in [-0.25, -0.2) is 4.98 Å². The second kappa shape index (κ2) is 13.7. The Bertz CT molecular complexity index is 1340. The summed E-state index contributed by atoms with van der Waals surface area (Å²) in [6.07, 6.45) is 8.24. The molecule has 2 N–H and O–H groups in total. The normalized spacial score (nSPS) is 11.2. The van der Waals surface area contributed by atoms with Gasteiger partial charge in [0.15, 0.2) is 0 Å². The summed E-state index contributed by atoms with van der Waals surface area (Å²) in [6, 6.07) is 17.3. The van der Waals surface area contributed by atoms with E-state index < -0.39 is 0 Å². The third-order valence-electron chi connectivity index (χ3n) is 7.36. The van der Waals surface area contributed by atoms with Gasteiger partial charge in [-0.1, -0.05) is 89.9 Å². The fraction of sp³-hybridized carbons (Fsp3) is 0.353. The Kier molecular flexibility index (Phi) is 11.1. The quantitative estimate of drug-likeness (QED) is 0.214. The van der Waals surface area contributed by atoms with Crippen molar-refractivity contribution in [1.29, 1.82) is 0 Å². The van der Waals surface area contributed by atoms with Crippen molar-refractivity contribution in [3.05, 3.63) is 90.5 Å². The molecule has 0 saturated carbocycles. The molecule has 0 radical (unpaired) electrons. The van der Waals surface area contributed by atoms with Gasteiger partial charge in [0, 0.05) is 27.7 Å². The Balaban J connectivity index is 0.000000733. The lowest BCUT2D eigenvalue weighted by molar-refractivity contribution is 0.442. The van der Waals surface area contributed by atoms with Crippen molar-refractivity contribution in [1.82, 2.24) is 9.97 Å². The lowest BCUT2D eigenvalue weighted by Crippen LogP contribution is -2.20. The van der Waals surface area contributed by atoms with E-state index in [0.717, 1.165) is 46.4 Å². The van der Waals surface area contributed by atoms with Crippen molar-refractivity contribution in [3.8, 4) is 11.1 Å². The first-order valence-corrected chi connectivity index (χ1v) is 13.5. The number of benzene rings is 2. The summed E-state index contributed by atoms with van der Waals surface area (Å²) in [5.41, 5.74) is 13.5. The summed E-state index contributed by atoms with van der Waals surface area (Å²) in [7, 11) is 0. The van der Waals surface area contributed by atoms with Crippen molar-refractivity contribution in [2.75, 3.05) is 0 Å². The number of nitrogens with zero attached hydrogens (tertiary/aromatic N) is 2. The summed E-state index contributed by atoms with van der Waals surface area (Å²) in [4.78, 5) is 9.94. The molecule has 4 rings (SSSR count). The molecular formula is C34H45N3. The molecule has 0 amide bonds. The van der Waals surface area contributed by atoms with Crippen LogP contribution in [0.2, 0.25) is 0 Å². The maximum Gasteiger partial charge on any atom is 0.0759 e. The van der Waals surface area contributed by atoms with Crippen molar-refractivity contribution >= 4 is 27.8 Å². The smallest absolute Gasteiger partial charge is 0.0759 e. The number of aryl methyl sites for hydroxylation is 2. The molecule has 3 heteroatoms. The first kappa shape index (κ1) is 29.8. The van der Waals surface area contributed by atoms with Gasteiger partial charge in [0.05, 0.1) is 11.2 Å². The van der Waals surface area contributed by atoms with Crippen LogP contribution in [0.5, 0.6) is 0 Å². The molecule has 0 saturated heterocycles. The zero-order chi connectivity index (χ0) is 27.6. The van der Waals surface area contributed by atoms with Crippen LogP contribution in [0.3, 0.4) is 0 Å². The first-order valence-electron chi connectivity index (χ1n) is 13.5. The average Bonchev–Trinajstić information content (AvgIpc) is 2.93. The zero-order valence-corrected chi connectivity index (χ0v) is 24.0. The van der Waals surface area contributed by atoms with E-state index in [1.54, 1.807) is 6.20 Å². The number of unbranched alkanes of at least 4 members (excludes halogenated alkanes) is 1. The highest BCUT2D eigenvalue weighted by Crippen LogP contribution is 2.42. The first-order chi connectivity index (χ1) is 17.8. The molecule has 0 aliphatic carbocycles. The molecule has 0 bridgehead atoms. The van der Waals surface area contributed by atoms with Crippen LogP contribution in [-0.2, 0) is 5.41 Å². The fourth-order valence-electron chi connectivity index (χ4n) is 4.62. The molecule has 37 heavy (non-hydrogen) atoms. The van der Waals surface area contributed by atoms with Gasteiger partial charge in [-0.2, -0.15) is 0 Å². The van der Waals surface area contributed by atoms with Gasteiger partial charge in [-0.3, -0.25) is 4.98 Å². The summed E-state index contributed by atoms with van der Waals surface area (Å²) in [6.45, 7) is 21.4. The minimum absolute atomic E-state index is 0.0521. The van der Waals surface area contributed by atoms with Crippen LogP contribution < -0.4 is 5.73 Å². The molecule has 0 aliphatic rings. The van der Waals surface area contributed by atoms with E-state index in [0.29, 0.717) is 0 Å². The summed E-state index contributed by atoms with van der Waals surface area (Å²) >= 11 is 0.